The first-order chi connectivity index (χ1) is 8.63. The molecule has 6 nitrogen and oxygen atoms in total. The quantitative estimate of drug-likeness (QED) is 0.486. The molecule has 1 aliphatic heterocycles. The van der Waals surface area contributed by atoms with Crippen molar-refractivity contribution in [2.24, 2.45) is 0 Å². The van der Waals surface area contributed by atoms with E-state index in [9.17, 15) is 14.9 Å². The van der Waals surface area contributed by atoms with Crippen molar-refractivity contribution >= 4 is 33.7 Å². The number of aromatic nitrogens is 1. The molecule has 1 fully saturated rings. The van der Waals surface area contributed by atoms with E-state index in [0.29, 0.717) is 11.0 Å². The van der Waals surface area contributed by atoms with Gasteiger partial charge in [0.2, 0.25) is 5.82 Å². The zero-order valence-corrected chi connectivity index (χ0v) is 11.2. The fourth-order valence-electron chi connectivity index (χ4n) is 2.14. The lowest BCUT2D eigenvalue weighted by Crippen LogP contribution is -2.41. The third kappa shape index (κ3) is 2.50. The van der Waals surface area contributed by atoms with Gasteiger partial charge in [-0.1, -0.05) is 0 Å². The summed E-state index contributed by atoms with van der Waals surface area (Å²) in [5, 5.41) is 11.0. The highest BCUT2D eigenvalue weighted by atomic mass is 79.9. The molecule has 0 amide bonds. The Morgan fingerprint density at radius 3 is 3.00 bits per heavy atom. The van der Waals surface area contributed by atoms with Gasteiger partial charge in [-0.3, -0.25) is 10.1 Å². The zero-order chi connectivity index (χ0) is 13.1. The predicted molar refractivity (Wildman–Crippen MR) is 69.6 cm³/mol. The summed E-state index contributed by atoms with van der Waals surface area (Å²) in [6.45, 7) is 0.624. The SMILES string of the molecule is O=CC1CCCCN1c1ncc(Br)cc1[N+](=O)[O-]. The molecule has 0 radical (unpaired) electrons. The summed E-state index contributed by atoms with van der Waals surface area (Å²) in [6.07, 6.45) is 4.95. The number of rotatable bonds is 3. The number of hydrogen-bond acceptors (Lipinski definition) is 5. The lowest BCUT2D eigenvalue weighted by atomic mass is 10.0. The molecule has 96 valence electrons. The smallest absolute Gasteiger partial charge is 0.312 e. The van der Waals surface area contributed by atoms with Gasteiger partial charge in [-0.25, -0.2) is 4.98 Å². The van der Waals surface area contributed by atoms with E-state index < -0.39 is 4.92 Å². The number of anilines is 1. The van der Waals surface area contributed by atoms with E-state index in [1.165, 1.54) is 12.3 Å². The van der Waals surface area contributed by atoms with Crippen LogP contribution in [0.5, 0.6) is 0 Å². The molecular formula is C11H12BrN3O3. The molecule has 2 rings (SSSR count). The van der Waals surface area contributed by atoms with Gasteiger partial charge in [0.15, 0.2) is 0 Å². The van der Waals surface area contributed by atoms with Crippen molar-refractivity contribution in [3.05, 3.63) is 26.9 Å². The number of pyridine rings is 1. The number of nitro groups is 1. The van der Waals surface area contributed by atoms with Crippen LogP contribution in [0.4, 0.5) is 11.5 Å². The van der Waals surface area contributed by atoms with E-state index in [4.69, 9.17) is 0 Å². The summed E-state index contributed by atoms with van der Waals surface area (Å²) >= 11 is 3.17. The molecule has 1 aromatic heterocycles. The van der Waals surface area contributed by atoms with Crippen molar-refractivity contribution in [1.29, 1.82) is 0 Å². The summed E-state index contributed by atoms with van der Waals surface area (Å²) in [6, 6.07) is 1.10. The van der Waals surface area contributed by atoms with Gasteiger partial charge in [0.25, 0.3) is 0 Å². The number of piperidine rings is 1. The second-order valence-corrected chi connectivity index (χ2v) is 5.06. The van der Waals surface area contributed by atoms with Crippen molar-refractivity contribution in [3.8, 4) is 0 Å². The lowest BCUT2D eigenvalue weighted by molar-refractivity contribution is -0.384. The second-order valence-electron chi connectivity index (χ2n) is 4.15. The molecule has 0 spiro atoms. The number of aldehydes is 1. The van der Waals surface area contributed by atoms with Gasteiger partial charge in [0.1, 0.15) is 6.29 Å². The fourth-order valence-corrected chi connectivity index (χ4v) is 2.46. The van der Waals surface area contributed by atoms with Crippen molar-refractivity contribution in [3.63, 3.8) is 0 Å². The Morgan fingerprint density at radius 2 is 2.33 bits per heavy atom. The molecule has 18 heavy (non-hydrogen) atoms. The zero-order valence-electron chi connectivity index (χ0n) is 9.58. The Kier molecular flexibility index (Phi) is 3.90. The third-order valence-corrected chi connectivity index (χ3v) is 3.42. The Balaban J connectivity index is 2.42. The molecule has 1 unspecified atom stereocenters. The molecule has 0 bridgehead atoms. The minimum Gasteiger partial charge on any atom is -0.341 e. The van der Waals surface area contributed by atoms with E-state index in [0.717, 1.165) is 25.5 Å². The summed E-state index contributed by atoms with van der Waals surface area (Å²) in [5.41, 5.74) is -0.0712. The van der Waals surface area contributed by atoms with Crippen LogP contribution >= 0.6 is 15.9 Å². The monoisotopic (exact) mass is 313 g/mol. The number of carbonyl (C=O) groups excluding carboxylic acids is 1. The van der Waals surface area contributed by atoms with Gasteiger partial charge in [0, 0.05) is 23.3 Å². The van der Waals surface area contributed by atoms with Crippen LogP contribution in [0.3, 0.4) is 0 Å². The van der Waals surface area contributed by atoms with E-state index >= 15 is 0 Å². The minimum absolute atomic E-state index is 0.0712. The largest absolute Gasteiger partial charge is 0.341 e. The van der Waals surface area contributed by atoms with Crippen LogP contribution in [0.15, 0.2) is 16.7 Å². The molecule has 0 N–H and O–H groups in total. The highest BCUT2D eigenvalue weighted by Gasteiger charge is 2.29. The second kappa shape index (κ2) is 5.43. The summed E-state index contributed by atoms with van der Waals surface area (Å²) < 4.78 is 0.553. The molecule has 2 heterocycles. The summed E-state index contributed by atoms with van der Waals surface area (Å²) in [4.78, 5) is 27.4. The standard InChI is InChI=1S/C11H12BrN3O3/c12-8-5-10(15(17)18)11(13-6-8)14-4-2-1-3-9(14)7-16/h5-7,9H,1-4H2. The van der Waals surface area contributed by atoms with Crippen LogP contribution in [0.2, 0.25) is 0 Å². The van der Waals surface area contributed by atoms with Crippen molar-refractivity contribution in [1.82, 2.24) is 4.98 Å². The van der Waals surface area contributed by atoms with Crippen LogP contribution in [-0.2, 0) is 4.79 Å². The van der Waals surface area contributed by atoms with Crippen LogP contribution < -0.4 is 4.90 Å². The van der Waals surface area contributed by atoms with Crippen LogP contribution in [0, 0.1) is 10.1 Å². The predicted octanol–water partition coefficient (Wildman–Crippen LogP) is 2.31. The van der Waals surface area contributed by atoms with Crippen LogP contribution in [-0.4, -0.2) is 28.8 Å². The van der Waals surface area contributed by atoms with Crippen molar-refractivity contribution in [2.75, 3.05) is 11.4 Å². The maximum Gasteiger partial charge on any atom is 0.312 e. The molecule has 0 aliphatic carbocycles. The van der Waals surface area contributed by atoms with Gasteiger partial charge in [-0.2, -0.15) is 0 Å². The molecule has 7 heteroatoms. The number of halogens is 1. The van der Waals surface area contributed by atoms with Gasteiger partial charge in [-0.05, 0) is 35.2 Å². The van der Waals surface area contributed by atoms with Crippen LogP contribution in [0.1, 0.15) is 19.3 Å². The molecule has 1 atom stereocenters. The Morgan fingerprint density at radius 1 is 1.56 bits per heavy atom. The average Bonchev–Trinajstić information content (AvgIpc) is 2.38. The molecule has 0 aromatic carbocycles. The van der Waals surface area contributed by atoms with Crippen LogP contribution in [0.25, 0.3) is 0 Å². The molecule has 1 aliphatic rings. The van der Waals surface area contributed by atoms with E-state index in [1.807, 2.05) is 0 Å². The van der Waals surface area contributed by atoms with Gasteiger partial charge in [0.05, 0.1) is 11.0 Å². The molecule has 1 aromatic rings. The van der Waals surface area contributed by atoms with E-state index in [2.05, 4.69) is 20.9 Å². The average molecular weight is 314 g/mol. The van der Waals surface area contributed by atoms with E-state index in [1.54, 1.807) is 4.90 Å². The Labute approximate surface area is 112 Å². The Hall–Kier alpha value is -1.50. The maximum absolute atomic E-state index is 11.0. The van der Waals surface area contributed by atoms with Crippen molar-refractivity contribution in [2.45, 2.75) is 25.3 Å². The highest BCUT2D eigenvalue weighted by Crippen LogP contribution is 2.32. The third-order valence-electron chi connectivity index (χ3n) is 2.99. The number of carbonyl (C=O) groups is 1. The first-order valence-corrected chi connectivity index (χ1v) is 6.44. The molecular weight excluding hydrogens is 302 g/mol. The fraction of sp³-hybridized carbons (Fsp3) is 0.455. The minimum atomic E-state index is -0.469. The van der Waals surface area contributed by atoms with Gasteiger partial charge in [-0.15, -0.1) is 0 Å². The topological polar surface area (TPSA) is 76.3 Å². The lowest BCUT2D eigenvalue weighted by Gasteiger charge is -2.32. The molecule has 0 saturated carbocycles. The highest BCUT2D eigenvalue weighted by molar-refractivity contribution is 9.10. The van der Waals surface area contributed by atoms with Gasteiger partial charge >= 0.3 is 5.69 Å². The number of hydrogen-bond donors (Lipinski definition) is 0. The Bertz CT molecular complexity index is 481. The van der Waals surface area contributed by atoms with Gasteiger partial charge < -0.3 is 9.69 Å². The summed E-state index contributed by atoms with van der Waals surface area (Å²) in [5.74, 6) is 0.278. The molecule has 1 saturated heterocycles. The first-order valence-electron chi connectivity index (χ1n) is 5.65. The summed E-state index contributed by atoms with van der Waals surface area (Å²) in [7, 11) is 0. The number of nitrogens with zero attached hydrogens (tertiary/aromatic N) is 3. The van der Waals surface area contributed by atoms with E-state index in [-0.39, 0.29) is 17.5 Å². The van der Waals surface area contributed by atoms with Crippen molar-refractivity contribution < 1.29 is 9.72 Å². The maximum atomic E-state index is 11.0. The normalized spacial score (nSPS) is 19.6. The first kappa shape index (κ1) is 12.9.